The van der Waals surface area contributed by atoms with Gasteiger partial charge in [0.1, 0.15) is 0 Å². The average Bonchev–Trinajstić information content (AvgIpc) is 2.37. The number of rotatable bonds is 3. The van der Waals surface area contributed by atoms with Gasteiger partial charge in [-0.3, -0.25) is 4.79 Å². The van der Waals surface area contributed by atoms with Crippen LogP contribution in [0.1, 0.15) is 24.8 Å². The monoisotopic (exact) mass is 273 g/mol. The molecule has 4 heteroatoms. The second kappa shape index (κ2) is 5.83. The Morgan fingerprint density at radius 2 is 2.05 bits per heavy atom. The van der Waals surface area contributed by atoms with Crippen molar-refractivity contribution in [2.24, 2.45) is 0 Å². The summed E-state index contributed by atoms with van der Waals surface area (Å²) in [6.45, 7) is 5.14. The van der Waals surface area contributed by atoms with Crippen LogP contribution in [0.4, 0.5) is 5.69 Å². The zero-order chi connectivity index (χ0) is 13.9. The molecule has 3 rings (SSSR count). The van der Waals surface area contributed by atoms with E-state index in [9.17, 15) is 4.79 Å². The van der Waals surface area contributed by atoms with E-state index >= 15 is 0 Å². The highest BCUT2D eigenvalue weighted by Crippen LogP contribution is 2.21. The minimum absolute atomic E-state index is 0.0600. The van der Waals surface area contributed by atoms with E-state index in [1.807, 2.05) is 0 Å². The number of piperidine rings is 1. The Labute approximate surface area is 120 Å². The Hall–Kier alpha value is -1.55. The molecule has 1 aromatic rings. The van der Waals surface area contributed by atoms with E-state index < -0.39 is 0 Å². The molecule has 2 heterocycles. The molecule has 1 amide bonds. The van der Waals surface area contributed by atoms with Crippen molar-refractivity contribution < 1.29 is 4.79 Å². The fourth-order valence-electron chi connectivity index (χ4n) is 2.92. The zero-order valence-corrected chi connectivity index (χ0v) is 12.1. The Bertz CT molecular complexity index is 476. The number of hydrogen-bond acceptors (Lipinski definition) is 3. The summed E-state index contributed by atoms with van der Waals surface area (Å²) < 4.78 is 0. The Kier molecular flexibility index (Phi) is 3.92. The topological polar surface area (TPSA) is 44.4 Å². The van der Waals surface area contributed by atoms with Crippen molar-refractivity contribution in [3.05, 3.63) is 29.8 Å². The first kappa shape index (κ1) is 13.4. The van der Waals surface area contributed by atoms with Crippen molar-refractivity contribution in [3.8, 4) is 0 Å². The number of carbonyl (C=O) groups is 1. The van der Waals surface area contributed by atoms with Crippen LogP contribution in [0.2, 0.25) is 0 Å². The summed E-state index contributed by atoms with van der Waals surface area (Å²) >= 11 is 0. The summed E-state index contributed by atoms with van der Waals surface area (Å²) in [5.41, 5.74) is 2.60. The third kappa shape index (κ3) is 2.96. The lowest BCUT2D eigenvalue weighted by Crippen LogP contribution is -2.56. The maximum atomic E-state index is 11.9. The van der Waals surface area contributed by atoms with Gasteiger partial charge in [0.05, 0.1) is 6.04 Å². The van der Waals surface area contributed by atoms with Gasteiger partial charge in [0, 0.05) is 24.8 Å². The summed E-state index contributed by atoms with van der Waals surface area (Å²) in [6, 6.07) is 9.04. The van der Waals surface area contributed by atoms with Gasteiger partial charge >= 0.3 is 0 Å². The second-order valence-corrected chi connectivity index (χ2v) is 5.90. The van der Waals surface area contributed by atoms with Crippen LogP contribution in [0.15, 0.2) is 24.3 Å². The predicted molar refractivity (Wildman–Crippen MR) is 81.0 cm³/mol. The van der Waals surface area contributed by atoms with Crippen molar-refractivity contribution in [3.63, 3.8) is 0 Å². The fraction of sp³-hybridized carbons (Fsp3) is 0.562. The van der Waals surface area contributed by atoms with Crippen LogP contribution in [-0.2, 0) is 4.79 Å². The first-order valence-corrected chi connectivity index (χ1v) is 7.58. The highest BCUT2D eigenvalue weighted by Gasteiger charge is 2.27. The predicted octanol–water partition coefficient (Wildman–Crippen LogP) is 1.44. The molecule has 2 fully saturated rings. The largest absolute Gasteiger partial charge is 0.371 e. The number of amides is 1. The molecule has 0 aliphatic carbocycles. The standard InChI is InChI=1S/C16H23N3O/c1-12-3-2-4-14(11-12)19-9-6-13(7-10-19)18-16(20)15-5-8-17-15/h2-4,11,13,15,17H,5-10H2,1H3,(H,18,20). The second-order valence-electron chi connectivity index (χ2n) is 5.90. The number of aryl methyl sites for hydroxylation is 1. The summed E-state index contributed by atoms with van der Waals surface area (Å²) in [7, 11) is 0. The third-order valence-corrected chi connectivity index (χ3v) is 4.35. The van der Waals surface area contributed by atoms with Gasteiger partial charge < -0.3 is 15.5 Å². The van der Waals surface area contributed by atoms with Gasteiger partial charge in [-0.1, -0.05) is 12.1 Å². The van der Waals surface area contributed by atoms with Crippen LogP contribution in [0.3, 0.4) is 0 Å². The maximum absolute atomic E-state index is 11.9. The summed E-state index contributed by atoms with van der Waals surface area (Å²) in [5.74, 6) is 0.185. The van der Waals surface area contributed by atoms with Crippen molar-refractivity contribution in [1.82, 2.24) is 10.6 Å². The van der Waals surface area contributed by atoms with Crippen LogP contribution < -0.4 is 15.5 Å². The lowest BCUT2D eigenvalue weighted by molar-refractivity contribution is -0.125. The van der Waals surface area contributed by atoms with Gasteiger partial charge in [-0.2, -0.15) is 0 Å². The molecule has 0 radical (unpaired) electrons. The number of benzene rings is 1. The highest BCUT2D eigenvalue weighted by molar-refractivity contribution is 5.82. The molecular weight excluding hydrogens is 250 g/mol. The molecule has 20 heavy (non-hydrogen) atoms. The van der Waals surface area contributed by atoms with Gasteiger partial charge in [-0.15, -0.1) is 0 Å². The van der Waals surface area contributed by atoms with Crippen molar-refractivity contribution in [2.45, 2.75) is 38.3 Å². The molecule has 0 bridgehead atoms. The van der Waals surface area contributed by atoms with E-state index in [2.05, 4.69) is 46.7 Å². The van der Waals surface area contributed by atoms with E-state index in [-0.39, 0.29) is 11.9 Å². The zero-order valence-electron chi connectivity index (χ0n) is 12.1. The van der Waals surface area contributed by atoms with Crippen LogP contribution >= 0.6 is 0 Å². The molecule has 2 N–H and O–H groups in total. The summed E-state index contributed by atoms with van der Waals surface area (Å²) in [5, 5.41) is 6.33. The SMILES string of the molecule is Cc1cccc(N2CCC(NC(=O)C3CCN3)CC2)c1. The molecule has 0 saturated carbocycles. The number of nitrogens with zero attached hydrogens (tertiary/aromatic N) is 1. The van der Waals surface area contributed by atoms with Gasteiger partial charge in [0.2, 0.25) is 5.91 Å². The van der Waals surface area contributed by atoms with Gasteiger partial charge in [0.25, 0.3) is 0 Å². The number of hydrogen-bond donors (Lipinski definition) is 2. The minimum atomic E-state index is 0.0600. The van der Waals surface area contributed by atoms with Crippen LogP contribution in [0, 0.1) is 6.92 Å². The lowest BCUT2D eigenvalue weighted by atomic mass is 10.0. The van der Waals surface area contributed by atoms with E-state index in [0.29, 0.717) is 6.04 Å². The van der Waals surface area contributed by atoms with E-state index in [1.54, 1.807) is 0 Å². The van der Waals surface area contributed by atoms with Crippen LogP contribution in [-0.4, -0.2) is 37.6 Å². The molecule has 108 valence electrons. The molecule has 1 atom stereocenters. The fourth-order valence-corrected chi connectivity index (χ4v) is 2.92. The summed E-state index contributed by atoms with van der Waals surface area (Å²) in [4.78, 5) is 14.3. The maximum Gasteiger partial charge on any atom is 0.237 e. The molecule has 4 nitrogen and oxygen atoms in total. The van der Waals surface area contributed by atoms with E-state index in [0.717, 1.165) is 38.9 Å². The average molecular weight is 273 g/mol. The molecule has 2 aliphatic heterocycles. The van der Waals surface area contributed by atoms with Crippen molar-refractivity contribution >= 4 is 11.6 Å². The Balaban J connectivity index is 1.50. The van der Waals surface area contributed by atoms with Crippen molar-refractivity contribution in [2.75, 3.05) is 24.5 Å². The first-order chi connectivity index (χ1) is 9.72. The third-order valence-electron chi connectivity index (χ3n) is 4.35. The number of nitrogens with one attached hydrogen (secondary N) is 2. The van der Waals surface area contributed by atoms with Gasteiger partial charge in [-0.25, -0.2) is 0 Å². The number of carbonyl (C=O) groups excluding carboxylic acids is 1. The first-order valence-electron chi connectivity index (χ1n) is 7.58. The molecule has 1 aromatic carbocycles. The molecule has 2 aliphatic rings. The van der Waals surface area contributed by atoms with Crippen LogP contribution in [0.25, 0.3) is 0 Å². The molecular formula is C16H23N3O. The number of anilines is 1. The van der Waals surface area contributed by atoms with Crippen LogP contribution in [0.5, 0.6) is 0 Å². The lowest BCUT2D eigenvalue weighted by Gasteiger charge is -2.35. The molecule has 1 unspecified atom stereocenters. The summed E-state index contributed by atoms with van der Waals surface area (Å²) in [6.07, 6.45) is 3.05. The quantitative estimate of drug-likeness (QED) is 0.876. The smallest absolute Gasteiger partial charge is 0.237 e. The normalized spacial score (nSPS) is 23.2. The molecule has 0 aromatic heterocycles. The molecule has 2 saturated heterocycles. The van der Waals surface area contributed by atoms with Gasteiger partial charge in [-0.05, 0) is 50.4 Å². The Morgan fingerprint density at radius 3 is 2.65 bits per heavy atom. The van der Waals surface area contributed by atoms with E-state index in [1.165, 1.54) is 11.3 Å². The molecule has 0 spiro atoms. The van der Waals surface area contributed by atoms with Crippen molar-refractivity contribution in [1.29, 1.82) is 0 Å². The minimum Gasteiger partial charge on any atom is -0.371 e. The van der Waals surface area contributed by atoms with E-state index in [4.69, 9.17) is 0 Å². The van der Waals surface area contributed by atoms with Gasteiger partial charge in [0.15, 0.2) is 0 Å². The Morgan fingerprint density at radius 1 is 1.30 bits per heavy atom. The highest BCUT2D eigenvalue weighted by atomic mass is 16.2.